The van der Waals surface area contributed by atoms with Gasteiger partial charge in [0, 0.05) is 0 Å². The van der Waals surface area contributed by atoms with Crippen LogP contribution in [-0.4, -0.2) is 8.76 Å². The van der Waals surface area contributed by atoms with Crippen LogP contribution >= 0.6 is 23.2 Å². The predicted octanol–water partition coefficient (Wildman–Crippen LogP) is 2.71. The first-order valence-corrected chi connectivity index (χ1v) is 4.64. The minimum Gasteiger partial charge on any atom is -0.302 e. The molecule has 0 heterocycles. The van der Waals surface area contributed by atoms with E-state index < -0.39 is 16.9 Å². The van der Waals surface area contributed by atoms with Gasteiger partial charge in [0.05, 0.1) is 10.0 Å². The smallest absolute Gasteiger partial charge is 0.189 e. The van der Waals surface area contributed by atoms with Crippen molar-refractivity contribution < 1.29 is 13.2 Å². The summed E-state index contributed by atoms with van der Waals surface area (Å²) in [6.07, 6.45) is 0. The Morgan fingerprint density at radius 3 is 2.33 bits per heavy atom. The zero-order valence-corrected chi connectivity index (χ0v) is 7.88. The summed E-state index contributed by atoms with van der Waals surface area (Å²) < 4.78 is 31.8. The van der Waals surface area contributed by atoms with Gasteiger partial charge in [-0.2, -0.15) is 0 Å². The molecule has 0 aliphatic carbocycles. The molecule has 0 radical (unpaired) electrons. The van der Waals surface area contributed by atoms with Gasteiger partial charge >= 0.3 is 0 Å². The summed E-state index contributed by atoms with van der Waals surface area (Å²) in [6.45, 7) is 0. The van der Waals surface area contributed by atoms with E-state index in [1.165, 1.54) is 0 Å². The van der Waals surface area contributed by atoms with Gasteiger partial charge in [0.1, 0.15) is 10.7 Å². The van der Waals surface area contributed by atoms with Crippen LogP contribution in [0.1, 0.15) is 0 Å². The van der Waals surface area contributed by atoms with Crippen LogP contribution in [0.2, 0.25) is 10.0 Å². The Labute approximate surface area is 80.6 Å². The van der Waals surface area contributed by atoms with Gasteiger partial charge in [-0.1, -0.05) is 23.2 Å². The molecule has 6 heteroatoms. The number of hydrogen-bond donors (Lipinski definition) is 1. The monoisotopic (exact) mass is 228 g/mol. The van der Waals surface area contributed by atoms with Crippen LogP contribution < -0.4 is 0 Å². The first kappa shape index (κ1) is 9.92. The fourth-order valence-corrected chi connectivity index (χ4v) is 1.46. The summed E-state index contributed by atoms with van der Waals surface area (Å²) in [7, 11) is 0. The normalized spacial score (nSPS) is 13.0. The lowest BCUT2D eigenvalue weighted by atomic mass is 10.3. The number of hydrogen-bond acceptors (Lipinski definition) is 1. The summed E-state index contributed by atoms with van der Waals surface area (Å²) in [5.41, 5.74) is 0. The summed E-state index contributed by atoms with van der Waals surface area (Å²) in [5, 5.41) is 0.0684. The van der Waals surface area contributed by atoms with Crippen LogP contribution in [-0.2, 0) is 11.1 Å². The van der Waals surface area contributed by atoms with Crippen LogP contribution in [0.25, 0.3) is 0 Å². The molecule has 1 rings (SSSR count). The van der Waals surface area contributed by atoms with Crippen molar-refractivity contribution in [1.82, 2.24) is 0 Å². The highest BCUT2D eigenvalue weighted by molar-refractivity contribution is 7.79. The third-order valence-corrected chi connectivity index (χ3v) is 2.57. The van der Waals surface area contributed by atoms with Crippen molar-refractivity contribution in [3.8, 4) is 0 Å². The summed E-state index contributed by atoms with van der Waals surface area (Å²) in [6, 6.07) is 1.92. The molecule has 0 amide bonds. The molecule has 0 aliphatic rings. The van der Waals surface area contributed by atoms with E-state index >= 15 is 0 Å². The standard InChI is InChI=1S/C6H3Cl2FO2S/c7-3-1-5(9)6(12(10)11)2-4(3)8/h1-2H,(H,10,11). The molecule has 1 aromatic rings. The minimum atomic E-state index is -2.38. The molecule has 0 spiro atoms. The van der Waals surface area contributed by atoms with Gasteiger partial charge in [0.2, 0.25) is 0 Å². The molecule has 0 saturated heterocycles. The molecule has 66 valence electrons. The molecular weight excluding hydrogens is 226 g/mol. The molecule has 1 aromatic carbocycles. The van der Waals surface area contributed by atoms with Crippen molar-refractivity contribution >= 4 is 34.3 Å². The highest BCUT2D eigenvalue weighted by Gasteiger charge is 2.11. The Bertz CT molecular complexity index is 343. The van der Waals surface area contributed by atoms with E-state index in [9.17, 15) is 8.60 Å². The molecular formula is C6H3Cl2FO2S. The lowest BCUT2D eigenvalue weighted by Gasteiger charge is -1.99. The second-order valence-electron chi connectivity index (χ2n) is 1.95. The molecule has 1 N–H and O–H groups in total. The zero-order valence-electron chi connectivity index (χ0n) is 5.55. The molecule has 0 saturated carbocycles. The highest BCUT2D eigenvalue weighted by Crippen LogP contribution is 2.26. The second-order valence-corrected chi connectivity index (χ2v) is 3.70. The van der Waals surface area contributed by atoms with Gasteiger partial charge in [-0.25, -0.2) is 8.60 Å². The van der Waals surface area contributed by atoms with E-state index in [0.29, 0.717) is 0 Å². The minimum absolute atomic E-state index is 0.0170. The third kappa shape index (κ3) is 1.95. The first-order valence-electron chi connectivity index (χ1n) is 2.78. The van der Waals surface area contributed by atoms with Gasteiger partial charge in [0.25, 0.3) is 0 Å². The maximum atomic E-state index is 12.8. The maximum Gasteiger partial charge on any atom is 0.189 e. The van der Waals surface area contributed by atoms with Crippen LogP contribution in [0.3, 0.4) is 0 Å². The van der Waals surface area contributed by atoms with Crippen molar-refractivity contribution in [2.24, 2.45) is 0 Å². The number of benzene rings is 1. The van der Waals surface area contributed by atoms with Crippen LogP contribution in [0.15, 0.2) is 17.0 Å². The summed E-state index contributed by atoms with van der Waals surface area (Å²) in [5.74, 6) is -0.842. The van der Waals surface area contributed by atoms with Gasteiger partial charge in [-0.05, 0) is 12.1 Å². The van der Waals surface area contributed by atoms with Crippen molar-refractivity contribution in [1.29, 1.82) is 0 Å². The number of halogens is 3. The average molecular weight is 229 g/mol. The highest BCUT2D eigenvalue weighted by atomic mass is 35.5. The van der Waals surface area contributed by atoms with Crippen molar-refractivity contribution in [3.63, 3.8) is 0 Å². The van der Waals surface area contributed by atoms with Gasteiger partial charge < -0.3 is 4.55 Å². The molecule has 0 aromatic heterocycles. The molecule has 0 fully saturated rings. The molecule has 1 atom stereocenters. The van der Waals surface area contributed by atoms with Gasteiger partial charge in [0.15, 0.2) is 11.1 Å². The zero-order chi connectivity index (χ0) is 9.30. The molecule has 0 aliphatic heterocycles. The Kier molecular flexibility index (Phi) is 3.06. The van der Waals surface area contributed by atoms with Crippen molar-refractivity contribution in [2.75, 3.05) is 0 Å². The van der Waals surface area contributed by atoms with E-state index in [-0.39, 0.29) is 14.9 Å². The van der Waals surface area contributed by atoms with Gasteiger partial charge in [-0.3, -0.25) is 0 Å². The van der Waals surface area contributed by atoms with Crippen molar-refractivity contribution in [3.05, 3.63) is 28.0 Å². The molecule has 2 nitrogen and oxygen atoms in total. The summed E-state index contributed by atoms with van der Waals surface area (Å²) >= 11 is 8.55. The Balaban J connectivity index is 3.33. The topological polar surface area (TPSA) is 37.3 Å². The van der Waals surface area contributed by atoms with E-state index in [4.69, 9.17) is 27.8 Å². The average Bonchev–Trinajstić information content (AvgIpc) is 1.96. The fourth-order valence-electron chi connectivity index (χ4n) is 0.638. The van der Waals surface area contributed by atoms with Crippen LogP contribution in [0.5, 0.6) is 0 Å². The molecule has 0 bridgehead atoms. The third-order valence-electron chi connectivity index (χ3n) is 1.16. The lowest BCUT2D eigenvalue weighted by molar-refractivity contribution is 0.544. The van der Waals surface area contributed by atoms with Crippen LogP contribution in [0, 0.1) is 5.82 Å². The van der Waals surface area contributed by atoms with Crippen molar-refractivity contribution in [2.45, 2.75) is 4.90 Å². The number of rotatable bonds is 1. The first-order chi connectivity index (χ1) is 5.52. The Hall–Kier alpha value is -0.160. The predicted molar refractivity (Wildman–Crippen MR) is 45.5 cm³/mol. The SMILES string of the molecule is O=S(O)c1cc(Cl)c(Cl)cc1F. The fraction of sp³-hybridized carbons (Fsp3) is 0. The second kappa shape index (κ2) is 3.70. The Morgan fingerprint density at radius 1 is 1.33 bits per heavy atom. The Morgan fingerprint density at radius 2 is 1.83 bits per heavy atom. The van der Waals surface area contributed by atoms with Crippen LogP contribution in [0.4, 0.5) is 4.39 Å². The largest absolute Gasteiger partial charge is 0.302 e. The van der Waals surface area contributed by atoms with E-state index in [1.54, 1.807) is 0 Å². The van der Waals surface area contributed by atoms with E-state index in [1.807, 2.05) is 0 Å². The summed E-state index contributed by atoms with van der Waals surface area (Å²) in [4.78, 5) is -0.371. The molecule has 1 unspecified atom stereocenters. The van der Waals surface area contributed by atoms with E-state index in [2.05, 4.69) is 0 Å². The molecule has 12 heavy (non-hydrogen) atoms. The quantitative estimate of drug-likeness (QED) is 0.593. The maximum absolute atomic E-state index is 12.8. The lowest BCUT2D eigenvalue weighted by Crippen LogP contribution is -1.93. The van der Waals surface area contributed by atoms with Gasteiger partial charge in [-0.15, -0.1) is 0 Å². The van der Waals surface area contributed by atoms with E-state index in [0.717, 1.165) is 12.1 Å².